The van der Waals surface area contributed by atoms with E-state index >= 15 is 19.2 Å². The predicted octanol–water partition coefficient (Wildman–Crippen LogP) is 1.36. The van der Waals surface area contributed by atoms with Gasteiger partial charge in [-0.15, -0.1) is 0 Å². The molecule has 30 nitrogen and oxygen atoms in total. The Morgan fingerprint density at radius 2 is 1.14 bits per heavy atom. The van der Waals surface area contributed by atoms with Gasteiger partial charge in [-0.25, -0.2) is 0 Å². The number of hydrogen-bond acceptors (Lipinski definition) is 17. The monoisotopic (exact) mass is 1480 g/mol. The average Bonchev–Trinajstić information content (AvgIpc) is 0.874. The van der Waals surface area contributed by atoms with Crippen LogP contribution in [0.2, 0.25) is 0 Å². The van der Waals surface area contributed by atoms with Gasteiger partial charge in [0, 0.05) is 25.9 Å². The van der Waals surface area contributed by atoms with Crippen LogP contribution in [0.15, 0.2) is 42.1 Å². The van der Waals surface area contributed by atoms with Crippen LogP contribution in [-0.4, -0.2) is 203 Å². The van der Waals surface area contributed by atoms with Crippen LogP contribution < -0.4 is 69.5 Å². The summed E-state index contributed by atoms with van der Waals surface area (Å²) in [5, 5.41) is 43.6. The molecule has 2 aliphatic heterocycles. The molecule has 2 aliphatic rings. The largest absolute Gasteiger partial charge is 0.391 e. The SMILES string of the molecule is C/C=C1\NC(=O)[C@H](Cc2ccccc2)NC(=O)[C@@H](C(C)C)NC(=O)[C@@H]([C@@H](C)CC)NC(=O)[C@H](CNC)N(C(=O)[C@H](NC(=O)[C@H](CCCN)NC(=O)[C@H]2CCCN2C(=O)[C@H](NC(=O)[C@@H](NC(=O)[C@@H](NC(=O)[C@H](NC(=O)CC[C@@H](C)CC)C(C)C)[C@@H](C)O)C(C)C)C(C)C)[C@@H](C)CC)C(=O)[C@H](C(C)C)NC1=O. The molecule has 2 fully saturated rings. The van der Waals surface area contributed by atoms with Gasteiger partial charge in [-0.3, -0.25) is 72.0 Å². The molecule has 2 heterocycles. The number of aliphatic hydroxyl groups excluding tert-OH is 1. The van der Waals surface area contributed by atoms with Crippen LogP contribution in [0.25, 0.3) is 0 Å². The third-order valence-electron chi connectivity index (χ3n) is 19.8. The Morgan fingerprint density at radius 1 is 0.600 bits per heavy atom. The van der Waals surface area contributed by atoms with Crippen molar-refractivity contribution in [2.24, 2.45) is 53.1 Å². The summed E-state index contributed by atoms with van der Waals surface area (Å²) in [6, 6.07) is -8.22. The van der Waals surface area contributed by atoms with Crippen molar-refractivity contribution in [3.8, 4) is 0 Å². The Kier molecular flexibility index (Phi) is 38.0. The number of hydrogen-bond donors (Lipinski definition) is 14. The van der Waals surface area contributed by atoms with E-state index in [2.05, 4.69) is 63.8 Å². The minimum atomic E-state index is -1.82. The van der Waals surface area contributed by atoms with Crippen LogP contribution in [0.3, 0.4) is 0 Å². The molecular weight excluding hydrogens is 1350 g/mol. The molecule has 1 aromatic rings. The number of carbonyl (C=O) groups excluding carboxylic acids is 14. The summed E-state index contributed by atoms with van der Waals surface area (Å²) in [4.78, 5) is 207. The Morgan fingerprint density at radius 3 is 1.67 bits per heavy atom. The van der Waals surface area contributed by atoms with E-state index in [1.165, 1.54) is 31.9 Å². The molecule has 15 N–H and O–H groups in total. The fourth-order valence-electron chi connectivity index (χ4n) is 12.3. The lowest BCUT2D eigenvalue weighted by molar-refractivity contribution is -0.157. The standard InChI is InChI=1S/C75H125N15O15/c1-20-44(15)33-34-54(92)81-55(39(5)6)69(99)88-62(47(18)91)72(102)83-57(41(9)10)70(100)85-58(42(11)12)73(103)89-36-28-32-52(89)66(96)79-50(31-27-35-76)64(94)87-61(46(17)22-3)75(105)90-53(38-77-19)67(97)86-60(45(16)21-2)71(101)82-56(40(7)8)68(98)80-51(37-48-29-25-24-26-30-48)65(95)78-49(23-4)63(93)84-59(43(13)14)74(90)104/h23-26,29-30,39-47,50-53,55-62,77,91H,20-22,27-28,31-38,76H2,1-19H3,(H,78,95)(H,79,96)(H,80,98)(H,81,92)(H,82,101)(H,83,102)(H,84,93)(H,85,100)(H,86,97)(H,87,94)(H,88,99)/b49-23-/t44-,45-,46-,47+,50-,51-,52+,53-,55+,56+,57-,58+,59-,60+,61+,62-/m0/s1. The lowest BCUT2D eigenvalue weighted by Gasteiger charge is -2.38. The number of benzene rings is 1. The number of nitrogens with two attached hydrogens (primary N) is 1. The van der Waals surface area contributed by atoms with Gasteiger partial charge in [0.15, 0.2) is 0 Å². The van der Waals surface area contributed by atoms with Crippen LogP contribution >= 0.6 is 0 Å². The van der Waals surface area contributed by atoms with Crippen LogP contribution in [0.4, 0.5) is 0 Å². The van der Waals surface area contributed by atoms with Crippen molar-refractivity contribution >= 4 is 82.7 Å². The Hall–Kier alpha value is -8.38. The first-order valence-corrected chi connectivity index (χ1v) is 37.6. The first-order valence-electron chi connectivity index (χ1n) is 37.6. The van der Waals surface area contributed by atoms with Gasteiger partial charge >= 0.3 is 0 Å². The summed E-state index contributed by atoms with van der Waals surface area (Å²) in [5.41, 5.74) is 6.32. The fraction of sp³-hybridized carbons (Fsp3) is 0.707. The van der Waals surface area contributed by atoms with Crippen LogP contribution in [0.5, 0.6) is 0 Å². The molecule has 3 rings (SSSR count). The highest BCUT2D eigenvalue weighted by Gasteiger charge is 2.47. The highest BCUT2D eigenvalue weighted by Crippen LogP contribution is 2.24. The quantitative estimate of drug-likeness (QED) is 0.0433. The summed E-state index contributed by atoms with van der Waals surface area (Å²) >= 11 is 0. The van der Waals surface area contributed by atoms with Crippen molar-refractivity contribution in [2.75, 3.05) is 26.7 Å². The van der Waals surface area contributed by atoms with E-state index in [1.54, 1.807) is 127 Å². The van der Waals surface area contributed by atoms with Gasteiger partial charge in [0.2, 0.25) is 65.0 Å². The maximum Gasteiger partial charge on any atom is 0.268 e. The van der Waals surface area contributed by atoms with Gasteiger partial charge < -0.3 is 79.5 Å². The Bertz CT molecular complexity index is 3160. The number of nitrogens with zero attached hydrogens (tertiary/aromatic N) is 2. The van der Waals surface area contributed by atoms with E-state index in [0.717, 1.165) is 6.42 Å². The normalized spacial score (nSPS) is 22.1. The zero-order valence-corrected chi connectivity index (χ0v) is 65.4. The van der Waals surface area contributed by atoms with Crippen molar-refractivity contribution in [3.63, 3.8) is 0 Å². The third kappa shape index (κ3) is 26.6. The summed E-state index contributed by atoms with van der Waals surface area (Å²) < 4.78 is 0. The average molecular weight is 1480 g/mol. The number of imide groups is 1. The van der Waals surface area contributed by atoms with Crippen molar-refractivity contribution in [1.29, 1.82) is 0 Å². The van der Waals surface area contributed by atoms with E-state index in [9.17, 15) is 53.1 Å². The number of nitrogens with one attached hydrogen (secondary N) is 12. The highest BCUT2D eigenvalue weighted by atomic mass is 16.3. The Balaban J connectivity index is 2.10. The minimum Gasteiger partial charge on any atom is -0.391 e. The summed E-state index contributed by atoms with van der Waals surface area (Å²) in [7, 11) is 1.45. The van der Waals surface area contributed by atoms with Crippen molar-refractivity contribution < 1.29 is 72.2 Å². The molecule has 0 aliphatic carbocycles. The molecule has 0 saturated carbocycles. The number of rotatable bonds is 34. The second-order valence-electron chi connectivity index (χ2n) is 29.9. The smallest absolute Gasteiger partial charge is 0.268 e. The maximum atomic E-state index is 15.9. The molecule has 16 atom stereocenters. The highest BCUT2D eigenvalue weighted by molar-refractivity contribution is 6.09. The molecule has 0 radical (unpaired) electrons. The molecule has 30 heteroatoms. The molecule has 0 aromatic heterocycles. The van der Waals surface area contributed by atoms with E-state index < -0.39 is 203 Å². The summed E-state index contributed by atoms with van der Waals surface area (Å²) in [6.07, 6.45) is 2.41. The summed E-state index contributed by atoms with van der Waals surface area (Å²) in [5.74, 6) is -15.9. The van der Waals surface area contributed by atoms with Crippen molar-refractivity contribution in [3.05, 3.63) is 47.7 Å². The predicted molar refractivity (Wildman–Crippen MR) is 397 cm³/mol. The zero-order valence-electron chi connectivity index (χ0n) is 65.4. The molecule has 590 valence electrons. The topological polar surface area (TPSA) is 436 Å². The zero-order chi connectivity index (χ0) is 79.4. The lowest BCUT2D eigenvalue weighted by Crippen LogP contribution is -2.67. The number of amides is 14. The molecular formula is C75H125N15O15. The summed E-state index contributed by atoms with van der Waals surface area (Å²) in [6.45, 7) is 29.8. The molecule has 14 amide bonds. The van der Waals surface area contributed by atoms with E-state index in [-0.39, 0.29) is 69.1 Å². The first kappa shape index (κ1) is 90.8. The molecule has 0 unspecified atom stereocenters. The molecule has 2 saturated heterocycles. The van der Waals surface area contributed by atoms with Gasteiger partial charge in [0.25, 0.3) is 17.7 Å². The van der Waals surface area contributed by atoms with Gasteiger partial charge in [-0.1, -0.05) is 166 Å². The number of allylic oxidation sites excluding steroid dienone is 1. The Labute approximate surface area is 620 Å². The molecule has 1 aromatic carbocycles. The second kappa shape index (κ2) is 43.9. The first-order chi connectivity index (χ1) is 49.3. The third-order valence-corrected chi connectivity index (χ3v) is 19.8. The van der Waals surface area contributed by atoms with Gasteiger partial charge in [0.1, 0.15) is 78.2 Å². The number of carbonyl (C=O) groups is 14. The number of likely N-dealkylation sites (tertiary alicyclic amines) is 1. The van der Waals surface area contributed by atoms with Gasteiger partial charge in [0.05, 0.1) is 6.10 Å². The van der Waals surface area contributed by atoms with Gasteiger partial charge in [-0.2, -0.15) is 0 Å². The van der Waals surface area contributed by atoms with Crippen molar-refractivity contribution in [2.45, 2.75) is 267 Å². The molecule has 0 spiro atoms. The second-order valence-corrected chi connectivity index (χ2v) is 29.9. The van der Waals surface area contributed by atoms with Crippen LogP contribution in [0, 0.1) is 47.3 Å². The van der Waals surface area contributed by atoms with E-state index in [0.29, 0.717) is 29.7 Å². The molecule has 0 bridgehead atoms. The number of likely N-dealkylation sites (N-methyl/N-ethyl adjacent to an activating group) is 1. The van der Waals surface area contributed by atoms with Gasteiger partial charge in [-0.05, 0) is 112 Å². The van der Waals surface area contributed by atoms with Crippen LogP contribution in [-0.2, 0) is 73.5 Å². The number of aliphatic hydroxyl groups is 1. The van der Waals surface area contributed by atoms with E-state index in [1.807, 2.05) is 13.8 Å². The molecule has 105 heavy (non-hydrogen) atoms. The lowest BCUT2D eigenvalue weighted by atomic mass is 9.93. The fourth-order valence-corrected chi connectivity index (χ4v) is 12.3. The van der Waals surface area contributed by atoms with Crippen molar-refractivity contribution in [1.82, 2.24) is 73.6 Å². The van der Waals surface area contributed by atoms with E-state index in [4.69, 9.17) is 5.73 Å². The maximum absolute atomic E-state index is 15.9. The minimum absolute atomic E-state index is 0.0412. The van der Waals surface area contributed by atoms with Crippen LogP contribution in [0.1, 0.15) is 188 Å².